The number of para-hydroxylation sites is 1. The van der Waals surface area contributed by atoms with Gasteiger partial charge in [-0.3, -0.25) is 0 Å². The van der Waals surface area contributed by atoms with Gasteiger partial charge in [-0.25, -0.2) is 0 Å². The summed E-state index contributed by atoms with van der Waals surface area (Å²) in [5, 5.41) is 0. The topological polar surface area (TPSA) is 9.23 Å². The van der Waals surface area contributed by atoms with Crippen molar-refractivity contribution in [2.24, 2.45) is 5.92 Å². The number of hydrogen-bond acceptors (Lipinski definition) is 1. The average molecular weight is 218 g/mol. The number of ether oxygens (including phenoxy) is 1. The molecule has 16 heavy (non-hydrogen) atoms. The second-order valence-electron chi connectivity index (χ2n) is 4.97. The molecule has 1 heteroatoms. The van der Waals surface area contributed by atoms with Crippen molar-refractivity contribution in [1.82, 2.24) is 0 Å². The van der Waals surface area contributed by atoms with E-state index in [1.165, 1.54) is 31.2 Å². The normalized spacial score (nSPS) is 25.4. The van der Waals surface area contributed by atoms with Gasteiger partial charge in [-0.2, -0.15) is 0 Å². The lowest BCUT2D eigenvalue weighted by Gasteiger charge is -2.28. The third-order valence-electron chi connectivity index (χ3n) is 3.54. The SMILES string of the molecule is CCc1ccccc1OC1CCCC(C)C1. The Morgan fingerprint density at radius 2 is 2.06 bits per heavy atom. The molecule has 2 atom stereocenters. The smallest absolute Gasteiger partial charge is 0.122 e. The Morgan fingerprint density at radius 1 is 1.25 bits per heavy atom. The van der Waals surface area contributed by atoms with Crippen LogP contribution in [0.15, 0.2) is 24.3 Å². The Kier molecular flexibility index (Phi) is 3.87. The third kappa shape index (κ3) is 2.78. The van der Waals surface area contributed by atoms with Crippen molar-refractivity contribution in [3.8, 4) is 5.75 Å². The molecule has 1 aliphatic carbocycles. The molecular weight excluding hydrogens is 196 g/mol. The van der Waals surface area contributed by atoms with Crippen molar-refractivity contribution in [3.63, 3.8) is 0 Å². The third-order valence-corrected chi connectivity index (χ3v) is 3.54. The monoisotopic (exact) mass is 218 g/mol. The summed E-state index contributed by atoms with van der Waals surface area (Å²) in [5.41, 5.74) is 1.33. The van der Waals surface area contributed by atoms with Crippen LogP contribution in [0.1, 0.15) is 45.1 Å². The Morgan fingerprint density at radius 3 is 2.81 bits per heavy atom. The van der Waals surface area contributed by atoms with Crippen molar-refractivity contribution < 1.29 is 4.74 Å². The van der Waals surface area contributed by atoms with E-state index in [1.807, 2.05) is 0 Å². The molecule has 1 aromatic carbocycles. The minimum Gasteiger partial charge on any atom is -0.490 e. The fraction of sp³-hybridized carbons (Fsp3) is 0.600. The standard InChI is InChI=1S/C15H22O/c1-3-13-8-4-5-10-15(13)16-14-9-6-7-12(2)11-14/h4-5,8,10,12,14H,3,6-7,9,11H2,1-2H3. The van der Waals surface area contributed by atoms with Gasteiger partial charge in [0.1, 0.15) is 5.75 Å². The van der Waals surface area contributed by atoms with Crippen LogP contribution in [0.4, 0.5) is 0 Å². The molecule has 0 aliphatic heterocycles. The lowest BCUT2D eigenvalue weighted by Crippen LogP contribution is -2.24. The van der Waals surface area contributed by atoms with Crippen molar-refractivity contribution in [1.29, 1.82) is 0 Å². The first-order valence-electron chi connectivity index (χ1n) is 6.54. The first-order chi connectivity index (χ1) is 7.79. The fourth-order valence-electron chi connectivity index (χ4n) is 2.58. The molecule has 2 unspecified atom stereocenters. The summed E-state index contributed by atoms with van der Waals surface area (Å²) < 4.78 is 6.15. The van der Waals surface area contributed by atoms with E-state index in [-0.39, 0.29) is 0 Å². The molecule has 0 bridgehead atoms. The number of rotatable bonds is 3. The van der Waals surface area contributed by atoms with Crippen LogP contribution in [0, 0.1) is 5.92 Å². The van der Waals surface area contributed by atoms with Gasteiger partial charge >= 0.3 is 0 Å². The molecule has 1 saturated carbocycles. The molecule has 0 heterocycles. The molecule has 1 aliphatic rings. The van der Waals surface area contributed by atoms with Gasteiger partial charge in [-0.15, -0.1) is 0 Å². The molecule has 0 radical (unpaired) electrons. The zero-order valence-electron chi connectivity index (χ0n) is 10.4. The summed E-state index contributed by atoms with van der Waals surface area (Å²) in [4.78, 5) is 0. The molecule has 88 valence electrons. The van der Waals surface area contributed by atoms with E-state index >= 15 is 0 Å². The number of aryl methyl sites for hydroxylation is 1. The summed E-state index contributed by atoms with van der Waals surface area (Å²) in [6.45, 7) is 4.52. The zero-order chi connectivity index (χ0) is 11.4. The highest BCUT2D eigenvalue weighted by molar-refractivity contribution is 5.33. The molecule has 1 aromatic rings. The van der Waals surface area contributed by atoms with Crippen molar-refractivity contribution >= 4 is 0 Å². The van der Waals surface area contributed by atoms with Crippen LogP contribution < -0.4 is 4.74 Å². The van der Waals surface area contributed by atoms with Crippen LogP contribution in [-0.2, 0) is 6.42 Å². The van der Waals surface area contributed by atoms with Crippen LogP contribution in [0.5, 0.6) is 5.75 Å². The average Bonchev–Trinajstić information content (AvgIpc) is 2.30. The van der Waals surface area contributed by atoms with Gasteiger partial charge in [-0.05, 0) is 43.2 Å². The maximum atomic E-state index is 6.15. The van der Waals surface area contributed by atoms with Crippen LogP contribution >= 0.6 is 0 Å². The van der Waals surface area contributed by atoms with Gasteiger partial charge in [0, 0.05) is 0 Å². The van der Waals surface area contributed by atoms with Crippen molar-refractivity contribution in [2.45, 2.75) is 52.1 Å². The van der Waals surface area contributed by atoms with Crippen LogP contribution in [0.3, 0.4) is 0 Å². The predicted octanol–water partition coefficient (Wildman–Crippen LogP) is 4.21. The molecule has 2 rings (SSSR count). The van der Waals surface area contributed by atoms with Gasteiger partial charge < -0.3 is 4.74 Å². The van der Waals surface area contributed by atoms with E-state index in [0.29, 0.717) is 6.10 Å². The summed E-state index contributed by atoms with van der Waals surface area (Å²) in [5.74, 6) is 1.93. The quantitative estimate of drug-likeness (QED) is 0.738. The Bertz CT molecular complexity index is 332. The van der Waals surface area contributed by atoms with Gasteiger partial charge in [-0.1, -0.05) is 38.5 Å². The maximum absolute atomic E-state index is 6.15. The molecule has 1 fully saturated rings. The predicted molar refractivity (Wildman–Crippen MR) is 67.9 cm³/mol. The van der Waals surface area contributed by atoms with E-state index in [2.05, 4.69) is 38.1 Å². The zero-order valence-corrected chi connectivity index (χ0v) is 10.4. The van der Waals surface area contributed by atoms with E-state index in [1.54, 1.807) is 0 Å². The molecule has 1 nitrogen and oxygen atoms in total. The van der Waals surface area contributed by atoms with Crippen LogP contribution in [0.25, 0.3) is 0 Å². The molecule has 0 saturated heterocycles. The fourth-order valence-corrected chi connectivity index (χ4v) is 2.58. The Balaban J connectivity index is 2.02. The van der Waals surface area contributed by atoms with Crippen molar-refractivity contribution in [3.05, 3.63) is 29.8 Å². The number of hydrogen-bond donors (Lipinski definition) is 0. The Hall–Kier alpha value is -0.980. The van der Waals surface area contributed by atoms with Gasteiger partial charge in [0.05, 0.1) is 6.10 Å². The largest absolute Gasteiger partial charge is 0.490 e. The van der Waals surface area contributed by atoms with Crippen LogP contribution in [0.2, 0.25) is 0 Å². The summed E-state index contributed by atoms with van der Waals surface area (Å²) in [6, 6.07) is 8.44. The van der Waals surface area contributed by atoms with Crippen LogP contribution in [-0.4, -0.2) is 6.10 Å². The van der Waals surface area contributed by atoms with Crippen molar-refractivity contribution in [2.75, 3.05) is 0 Å². The van der Waals surface area contributed by atoms with Gasteiger partial charge in [0.25, 0.3) is 0 Å². The second kappa shape index (κ2) is 5.38. The first-order valence-corrected chi connectivity index (χ1v) is 6.54. The highest BCUT2D eigenvalue weighted by Crippen LogP contribution is 2.28. The first kappa shape index (κ1) is 11.5. The van der Waals surface area contributed by atoms with Gasteiger partial charge in [0.2, 0.25) is 0 Å². The summed E-state index contributed by atoms with van der Waals surface area (Å²) in [7, 11) is 0. The van der Waals surface area contributed by atoms with E-state index in [4.69, 9.17) is 4.74 Å². The lowest BCUT2D eigenvalue weighted by molar-refractivity contribution is 0.128. The summed E-state index contributed by atoms with van der Waals surface area (Å²) >= 11 is 0. The minimum absolute atomic E-state index is 0.441. The maximum Gasteiger partial charge on any atom is 0.122 e. The molecular formula is C15H22O. The number of benzene rings is 1. The Labute approximate surface area is 98.8 Å². The highest BCUT2D eigenvalue weighted by atomic mass is 16.5. The molecule has 0 amide bonds. The van der Waals surface area contributed by atoms with E-state index < -0.39 is 0 Å². The van der Waals surface area contributed by atoms with Gasteiger partial charge in [0.15, 0.2) is 0 Å². The summed E-state index contributed by atoms with van der Waals surface area (Å²) in [6.07, 6.45) is 6.63. The lowest BCUT2D eigenvalue weighted by atomic mass is 9.88. The van der Waals surface area contributed by atoms with E-state index in [9.17, 15) is 0 Å². The highest BCUT2D eigenvalue weighted by Gasteiger charge is 2.20. The molecule has 0 N–H and O–H groups in total. The minimum atomic E-state index is 0.441. The molecule has 0 aromatic heterocycles. The van der Waals surface area contributed by atoms with E-state index in [0.717, 1.165) is 18.1 Å². The molecule has 0 spiro atoms. The second-order valence-corrected chi connectivity index (χ2v) is 4.97.